The van der Waals surface area contributed by atoms with Crippen molar-refractivity contribution in [3.05, 3.63) is 66.2 Å². The van der Waals surface area contributed by atoms with E-state index in [2.05, 4.69) is 66.0 Å². The first kappa shape index (κ1) is 11.1. The Morgan fingerprint density at radius 2 is 1.44 bits per heavy atom. The van der Waals surface area contributed by atoms with Crippen LogP contribution < -0.4 is 10.5 Å². The van der Waals surface area contributed by atoms with Crippen LogP contribution in [0.2, 0.25) is 0 Å². The van der Waals surface area contributed by atoms with Crippen LogP contribution >= 0.6 is 0 Å². The summed E-state index contributed by atoms with van der Waals surface area (Å²) in [6, 6.07) is 21.4. The van der Waals surface area contributed by atoms with E-state index in [-0.39, 0.29) is 9.52 Å². The normalized spacial score (nSPS) is 11.0. The molecule has 2 aromatic carbocycles. The fourth-order valence-corrected chi connectivity index (χ4v) is 2.95. The third-order valence-electron chi connectivity index (χ3n) is 2.61. The molecular formula is C14H17NSi. The lowest BCUT2D eigenvalue weighted by Gasteiger charge is -2.04. The molecule has 1 nitrogen and oxygen atoms in total. The summed E-state index contributed by atoms with van der Waals surface area (Å²) in [5, 5.41) is 5.04. The minimum atomic E-state index is -0.138. The number of nitrogens with one attached hydrogen (secondary N) is 1. The molecule has 0 saturated carbocycles. The van der Waals surface area contributed by atoms with Gasteiger partial charge in [0.25, 0.3) is 0 Å². The molecule has 0 fully saturated rings. The van der Waals surface area contributed by atoms with E-state index >= 15 is 0 Å². The lowest BCUT2D eigenvalue weighted by Crippen LogP contribution is -2.27. The van der Waals surface area contributed by atoms with E-state index in [1.54, 1.807) is 0 Å². The van der Waals surface area contributed by atoms with Crippen LogP contribution in [0.1, 0.15) is 5.56 Å². The molecule has 0 atom stereocenters. The molecule has 0 unspecified atom stereocenters. The lowest BCUT2D eigenvalue weighted by molar-refractivity contribution is 0.788. The zero-order valence-corrected chi connectivity index (χ0v) is 10.8. The van der Waals surface area contributed by atoms with Crippen LogP contribution in [0, 0.1) is 0 Å². The smallest absolute Gasteiger partial charge is 0.0701 e. The highest BCUT2D eigenvalue weighted by atomic mass is 28.2. The molecule has 0 aromatic heterocycles. The van der Waals surface area contributed by atoms with Crippen LogP contribution in [0.15, 0.2) is 60.7 Å². The van der Waals surface area contributed by atoms with Crippen molar-refractivity contribution in [3.63, 3.8) is 0 Å². The highest BCUT2D eigenvalue weighted by Gasteiger charge is 1.93. The Morgan fingerprint density at radius 3 is 2.12 bits per heavy atom. The second-order valence-electron chi connectivity index (χ2n) is 3.90. The fourth-order valence-electron chi connectivity index (χ4n) is 1.71. The maximum absolute atomic E-state index is 3.51. The Hall–Kier alpha value is -1.38. The summed E-state index contributed by atoms with van der Waals surface area (Å²) < 4.78 is 0. The first-order valence-electron chi connectivity index (χ1n) is 5.74. The van der Waals surface area contributed by atoms with Gasteiger partial charge in [-0.15, -0.1) is 0 Å². The molecule has 0 heterocycles. The van der Waals surface area contributed by atoms with Crippen LogP contribution in [0.25, 0.3) is 0 Å². The summed E-state index contributed by atoms with van der Waals surface area (Å²) in [6.07, 6.45) is 1.17. The predicted octanol–water partition coefficient (Wildman–Crippen LogP) is 1.23. The third kappa shape index (κ3) is 3.64. The Bertz CT molecular complexity index is 358. The number of benzene rings is 2. The van der Waals surface area contributed by atoms with Crippen molar-refractivity contribution in [2.45, 2.75) is 6.54 Å². The Kier molecular flexibility index (Phi) is 4.34. The lowest BCUT2D eigenvalue weighted by atomic mass is 10.2. The highest BCUT2D eigenvalue weighted by Crippen LogP contribution is 1.96. The summed E-state index contributed by atoms with van der Waals surface area (Å²) in [6.45, 7) is 0.987. The standard InChI is InChI=1S/C14H17NSi/c1-3-7-13(8-4-1)11-15-12-16-14-9-5-2-6-10-14/h1-10,15H,11-12,16H2. The van der Waals surface area contributed by atoms with Crippen molar-refractivity contribution in [1.29, 1.82) is 0 Å². The molecule has 0 aliphatic carbocycles. The number of hydrogen-bond acceptors (Lipinski definition) is 1. The van der Waals surface area contributed by atoms with Gasteiger partial charge in [0.15, 0.2) is 0 Å². The highest BCUT2D eigenvalue weighted by molar-refractivity contribution is 6.53. The summed E-state index contributed by atoms with van der Waals surface area (Å²) >= 11 is 0. The number of rotatable bonds is 5. The van der Waals surface area contributed by atoms with Gasteiger partial charge in [-0.1, -0.05) is 65.9 Å². The average molecular weight is 227 g/mol. The SMILES string of the molecule is c1ccc(CNC[SiH2]c2ccccc2)cc1. The Labute approximate surface area is 99.3 Å². The second-order valence-corrected chi connectivity index (χ2v) is 5.71. The van der Waals surface area contributed by atoms with Crippen LogP contribution in [-0.2, 0) is 6.54 Å². The van der Waals surface area contributed by atoms with Crippen molar-refractivity contribution in [3.8, 4) is 0 Å². The fraction of sp³-hybridized carbons (Fsp3) is 0.143. The van der Waals surface area contributed by atoms with Crippen molar-refractivity contribution in [2.75, 3.05) is 6.17 Å². The summed E-state index contributed by atoms with van der Waals surface area (Å²) in [5.41, 5.74) is 1.37. The van der Waals surface area contributed by atoms with E-state index in [0.29, 0.717) is 0 Å². The Balaban J connectivity index is 1.70. The van der Waals surface area contributed by atoms with Crippen LogP contribution in [-0.4, -0.2) is 15.7 Å². The molecule has 0 aliphatic heterocycles. The van der Waals surface area contributed by atoms with Gasteiger partial charge in [-0.2, -0.15) is 0 Å². The molecule has 2 heteroatoms. The largest absolute Gasteiger partial charge is 0.316 e. The summed E-state index contributed by atoms with van der Waals surface area (Å²) in [5.74, 6) is 0. The molecule has 0 aliphatic rings. The van der Waals surface area contributed by atoms with Gasteiger partial charge >= 0.3 is 0 Å². The minimum absolute atomic E-state index is 0.138. The molecule has 0 amide bonds. The first-order valence-corrected chi connectivity index (χ1v) is 7.44. The van der Waals surface area contributed by atoms with Crippen LogP contribution in [0.5, 0.6) is 0 Å². The van der Waals surface area contributed by atoms with E-state index in [1.807, 2.05) is 0 Å². The summed E-state index contributed by atoms with van der Waals surface area (Å²) in [7, 11) is -0.138. The van der Waals surface area contributed by atoms with Crippen molar-refractivity contribution < 1.29 is 0 Å². The van der Waals surface area contributed by atoms with Gasteiger partial charge in [-0.25, -0.2) is 0 Å². The monoisotopic (exact) mass is 227 g/mol. The van der Waals surface area contributed by atoms with Gasteiger partial charge in [0.1, 0.15) is 0 Å². The molecule has 16 heavy (non-hydrogen) atoms. The van der Waals surface area contributed by atoms with Gasteiger partial charge in [-0.05, 0) is 11.7 Å². The van der Waals surface area contributed by atoms with E-state index < -0.39 is 0 Å². The summed E-state index contributed by atoms with van der Waals surface area (Å²) in [4.78, 5) is 0. The van der Waals surface area contributed by atoms with Crippen molar-refractivity contribution >= 4 is 14.7 Å². The predicted molar refractivity (Wildman–Crippen MR) is 72.8 cm³/mol. The first-order chi connectivity index (χ1) is 7.95. The minimum Gasteiger partial charge on any atom is -0.316 e. The zero-order chi connectivity index (χ0) is 11.1. The topological polar surface area (TPSA) is 12.0 Å². The molecule has 0 saturated heterocycles. The van der Waals surface area contributed by atoms with Crippen LogP contribution in [0.4, 0.5) is 0 Å². The quantitative estimate of drug-likeness (QED) is 0.598. The van der Waals surface area contributed by atoms with Gasteiger partial charge in [0.2, 0.25) is 0 Å². The van der Waals surface area contributed by atoms with Crippen molar-refractivity contribution in [2.24, 2.45) is 0 Å². The molecule has 2 rings (SSSR count). The number of hydrogen-bond donors (Lipinski definition) is 1. The molecular weight excluding hydrogens is 210 g/mol. The molecule has 82 valence electrons. The van der Waals surface area contributed by atoms with Gasteiger partial charge in [0.05, 0.1) is 9.52 Å². The van der Waals surface area contributed by atoms with E-state index in [0.717, 1.165) is 6.54 Å². The van der Waals surface area contributed by atoms with E-state index in [1.165, 1.54) is 16.9 Å². The Morgan fingerprint density at radius 1 is 0.812 bits per heavy atom. The van der Waals surface area contributed by atoms with E-state index in [4.69, 9.17) is 0 Å². The molecule has 1 N–H and O–H groups in total. The van der Waals surface area contributed by atoms with Gasteiger partial charge in [0, 0.05) is 6.54 Å². The van der Waals surface area contributed by atoms with Crippen LogP contribution in [0.3, 0.4) is 0 Å². The maximum Gasteiger partial charge on any atom is 0.0701 e. The van der Waals surface area contributed by atoms with Crippen molar-refractivity contribution in [1.82, 2.24) is 5.32 Å². The van der Waals surface area contributed by atoms with Gasteiger partial charge in [-0.3, -0.25) is 0 Å². The average Bonchev–Trinajstić information content (AvgIpc) is 2.37. The van der Waals surface area contributed by atoms with E-state index in [9.17, 15) is 0 Å². The molecule has 2 aromatic rings. The zero-order valence-electron chi connectivity index (χ0n) is 9.39. The molecule has 0 radical (unpaired) electrons. The maximum atomic E-state index is 3.51. The second kappa shape index (κ2) is 6.25. The molecule has 0 bridgehead atoms. The third-order valence-corrected chi connectivity index (χ3v) is 4.26. The van der Waals surface area contributed by atoms with Gasteiger partial charge < -0.3 is 5.32 Å². The molecule has 0 spiro atoms.